The van der Waals surface area contributed by atoms with E-state index in [1.807, 2.05) is 36.4 Å². The number of alkyl halides is 1. The third-order valence-corrected chi connectivity index (χ3v) is 17.0. The molecule has 2 unspecified atom stereocenters. The van der Waals surface area contributed by atoms with E-state index in [0.29, 0.717) is 79.7 Å². The second-order valence-electron chi connectivity index (χ2n) is 22.1. The molecular weight excluding hydrogens is 921 g/mol. The number of nitrogens with one attached hydrogen (secondary N) is 2. The number of amides is 3. The third-order valence-electron chi connectivity index (χ3n) is 17.0. The van der Waals surface area contributed by atoms with Gasteiger partial charge in [0.1, 0.15) is 34.5 Å². The van der Waals surface area contributed by atoms with Crippen LogP contribution in [0.2, 0.25) is 0 Å². The number of aryl methyl sites for hydroxylation is 1. The van der Waals surface area contributed by atoms with Gasteiger partial charge in [0, 0.05) is 138 Å². The largest absolute Gasteiger partial charge is 0.508 e. The van der Waals surface area contributed by atoms with Gasteiger partial charge in [-0.15, -0.1) is 0 Å². The number of fused-ring (bicyclic) bond motifs is 5. The van der Waals surface area contributed by atoms with E-state index in [-0.39, 0.29) is 46.6 Å². The average molecular weight is 982 g/mol. The fraction of sp³-hybridized carbons (Fsp3) is 0.519. The highest BCUT2D eigenvalue weighted by molar-refractivity contribution is 6.06. The Balaban J connectivity index is 0.620. The molecule has 3 N–H and O–H groups in total. The molecule has 2 bridgehead atoms. The number of imide groups is 1. The molecule has 9 heterocycles. The molecule has 18 heteroatoms. The number of nitrogens with zero attached hydrogens (tertiary/aromatic N) is 9. The number of piperidine rings is 1. The number of ether oxygens (including phenoxy) is 1. The Labute approximate surface area is 416 Å². The highest BCUT2D eigenvalue weighted by Crippen LogP contribution is 2.48. The van der Waals surface area contributed by atoms with Crippen LogP contribution in [0.15, 0.2) is 54.7 Å². The first-order chi connectivity index (χ1) is 34.9. The van der Waals surface area contributed by atoms with Crippen LogP contribution >= 0.6 is 0 Å². The molecule has 8 aliphatic rings. The van der Waals surface area contributed by atoms with Gasteiger partial charge < -0.3 is 29.9 Å². The summed E-state index contributed by atoms with van der Waals surface area (Å²) in [6.45, 7) is 11.3. The SMILES string of the molecule is CCc1cccc2cc(O)cc(-c3ncc4c(N5CC6CCC(C5)N6)nc(OCC5(CN6CC(N7CC(F)(CN8CCN(c9ccc%10c(c9)CN([C@H]9CCC(=O)NC9=O)C%10=O)CC8)C7)C6)CC5)nc4c3F)c12. The number of pyridine rings is 1. The van der Waals surface area contributed by atoms with Crippen LogP contribution in [-0.4, -0.2) is 172 Å². The highest BCUT2D eigenvalue weighted by atomic mass is 19.1. The van der Waals surface area contributed by atoms with Crippen molar-refractivity contribution in [2.24, 2.45) is 5.41 Å². The monoisotopic (exact) mass is 981 g/mol. The quantitative estimate of drug-likeness (QED) is 0.140. The summed E-state index contributed by atoms with van der Waals surface area (Å²) in [5, 5.41) is 19.0. The first-order valence-electron chi connectivity index (χ1n) is 26.0. The minimum absolute atomic E-state index is 0.0427. The molecule has 6 saturated heterocycles. The maximum Gasteiger partial charge on any atom is 0.319 e. The Kier molecular flexibility index (Phi) is 11.2. The van der Waals surface area contributed by atoms with Crippen molar-refractivity contribution in [2.45, 2.75) is 88.3 Å². The van der Waals surface area contributed by atoms with Crippen LogP contribution in [0.3, 0.4) is 0 Å². The minimum atomic E-state index is -1.24. The number of likely N-dealkylation sites (tertiary alicyclic amines) is 2. The molecular formula is C54H61F2N11O5. The van der Waals surface area contributed by atoms with Crippen molar-refractivity contribution in [3.05, 3.63) is 77.2 Å². The molecule has 3 atom stereocenters. The Morgan fingerprint density at radius 2 is 1.67 bits per heavy atom. The van der Waals surface area contributed by atoms with E-state index >= 15 is 8.78 Å². The zero-order valence-electron chi connectivity index (χ0n) is 40.7. The number of piperazine rings is 2. The lowest BCUT2D eigenvalue weighted by Gasteiger charge is -2.55. The Morgan fingerprint density at radius 3 is 2.42 bits per heavy atom. The predicted molar refractivity (Wildman–Crippen MR) is 267 cm³/mol. The summed E-state index contributed by atoms with van der Waals surface area (Å²) < 4.78 is 39.9. The normalized spacial score (nSPS) is 25.2. The number of halogens is 2. The molecule has 3 aromatic carbocycles. The van der Waals surface area contributed by atoms with Gasteiger partial charge in [0.25, 0.3) is 5.91 Å². The molecule has 1 aliphatic carbocycles. The van der Waals surface area contributed by atoms with Gasteiger partial charge in [-0.3, -0.25) is 39.4 Å². The number of aromatic nitrogens is 3. The van der Waals surface area contributed by atoms with Crippen molar-refractivity contribution in [3.8, 4) is 23.0 Å². The van der Waals surface area contributed by atoms with Crippen LogP contribution in [0, 0.1) is 11.2 Å². The van der Waals surface area contributed by atoms with E-state index in [0.717, 1.165) is 119 Å². The van der Waals surface area contributed by atoms with E-state index in [2.05, 4.69) is 42.1 Å². The molecule has 2 aromatic heterocycles. The van der Waals surface area contributed by atoms with Crippen molar-refractivity contribution in [1.29, 1.82) is 0 Å². The number of rotatable bonds is 13. The van der Waals surface area contributed by atoms with Gasteiger partial charge in [0.05, 0.1) is 12.0 Å². The lowest BCUT2D eigenvalue weighted by molar-refractivity contribution is -0.136. The molecule has 7 aliphatic heterocycles. The summed E-state index contributed by atoms with van der Waals surface area (Å²) >= 11 is 0. The van der Waals surface area contributed by atoms with E-state index in [4.69, 9.17) is 19.7 Å². The lowest BCUT2D eigenvalue weighted by atomic mass is 9.90. The van der Waals surface area contributed by atoms with E-state index in [1.165, 1.54) is 0 Å². The summed E-state index contributed by atoms with van der Waals surface area (Å²) in [5.74, 6) is -0.775. The smallest absolute Gasteiger partial charge is 0.319 e. The number of anilines is 2. The Bertz CT molecular complexity index is 3010. The van der Waals surface area contributed by atoms with Crippen LogP contribution in [0.4, 0.5) is 20.3 Å². The average Bonchev–Trinajstić information content (AvgIpc) is 3.94. The topological polar surface area (TPSA) is 163 Å². The number of hydrogen-bond acceptors (Lipinski definition) is 14. The first-order valence-corrected chi connectivity index (χ1v) is 26.0. The van der Waals surface area contributed by atoms with Crippen LogP contribution in [0.1, 0.15) is 66.9 Å². The third kappa shape index (κ3) is 8.27. The fourth-order valence-corrected chi connectivity index (χ4v) is 12.9. The zero-order chi connectivity index (χ0) is 49.0. The van der Waals surface area contributed by atoms with E-state index in [1.54, 1.807) is 23.2 Å². The summed E-state index contributed by atoms with van der Waals surface area (Å²) in [5.41, 5.74) is 3.07. The van der Waals surface area contributed by atoms with E-state index < -0.39 is 23.4 Å². The first kappa shape index (κ1) is 45.8. The van der Waals surface area contributed by atoms with Gasteiger partial charge in [0.15, 0.2) is 5.82 Å². The maximum atomic E-state index is 17.2. The maximum absolute atomic E-state index is 17.2. The van der Waals surface area contributed by atoms with Gasteiger partial charge in [-0.1, -0.05) is 25.1 Å². The number of aromatic hydroxyl groups is 1. The summed E-state index contributed by atoms with van der Waals surface area (Å²) in [7, 11) is 0. The fourth-order valence-electron chi connectivity index (χ4n) is 12.9. The molecule has 0 spiro atoms. The van der Waals surface area contributed by atoms with Crippen molar-refractivity contribution >= 4 is 50.9 Å². The van der Waals surface area contributed by atoms with Crippen LogP contribution < -0.4 is 25.2 Å². The molecule has 13 rings (SSSR count). The second-order valence-corrected chi connectivity index (χ2v) is 22.1. The minimum Gasteiger partial charge on any atom is -0.508 e. The number of carbonyl (C=O) groups is 3. The predicted octanol–water partition coefficient (Wildman–Crippen LogP) is 4.64. The molecule has 3 amide bonds. The van der Waals surface area contributed by atoms with Crippen molar-refractivity contribution in [1.82, 2.24) is 45.2 Å². The van der Waals surface area contributed by atoms with Gasteiger partial charge in [0.2, 0.25) is 11.8 Å². The van der Waals surface area contributed by atoms with Crippen molar-refractivity contribution in [2.75, 3.05) is 94.9 Å². The number of hydrogen-bond donors (Lipinski definition) is 3. The van der Waals surface area contributed by atoms with Gasteiger partial charge in [-0.05, 0) is 90.8 Å². The molecule has 7 fully saturated rings. The summed E-state index contributed by atoms with van der Waals surface area (Å²) in [6.07, 6.45) is 7.18. The molecule has 376 valence electrons. The number of phenols is 1. The van der Waals surface area contributed by atoms with Crippen molar-refractivity contribution < 1.29 is 33.0 Å². The van der Waals surface area contributed by atoms with Crippen LogP contribution in [0.25, 0.3) is 32.9 Å². The molecule has 5 aromatic rings. The molecule has 0 radical (unpaired) electrons. The van der Waals surface area contributed by atoms with Gasteiger partial charge >= 0.3 is 6.01 Å². The lowest BCUT2D eigenvalue weighted by Crippen LogP contribution is -2.72. The second kappa shape index (κ2) is 17.6. The van der Waals surface area contributed by atoms with Crippen LogP contribution in [-0.2, 0) is 22.6 Å². The van der Waals surface area contributed by atoms with Crippen molar-refractivity contribution in [3.63, 3.8) is 0 Å². The van der Waals surface area contributed by atoms with E-state index in [9.17, 15) is 19.5 Å². The number of benzene rings is 3. The summed E-state index contributed by atoms with van der Waals surface area (Å²) in [4.78, 5) is 64.9. The molecule has 1 saturated carbocycles. The molecule has 72 heavy (non-hydrogen) atoms. The molecule has 16 nitrogen and oxygen atoms in total. The number of carbonyl (C=O) groups excluding carboxylic acids is 3. The van der Waals surface area contributed by atoms with Gasteiger partial charge in [-0.2, -0.15) is 9.97 Å². The van der Waals surface area contributed by atoms with Gasteiger partial charge in [-0.25, -0.2) is 8.78 Å². The standard InChI is InChI=1S/C54H61F2N11O5/c1-2-32-4-3-5-33-19-39(68)20-41(45(32)33)47-46(55)48-42(21-57-47)49(65-23-35-6-7-36(24-65)58-35)61-52(60-48)72-31-53(12-13-53)27-63-25-38(26-63)66-29-54(56,30-66)28-62-14-16-64(17-15-62)37-8-9-40-34(18-37)22-67(51(40)71)43-10-11-44(69)59-50(43)70/h3-5,8-9,18-21,35-36,38,43,58,68H,2,6-7,10-17,22-31H2,1H3,(H,59,69,70)/t35?,36?,43-/m0/s1. The summed E-state index contributed by atoms with van der Waals surface area (Å²) in [6, 6.07) is 15.6. The number of phenolic OH excluding ortho intramolecular Hbond substituents is 1. The van der Waals surface area contributed by atoms with Crippen LogP contribution in [0.5, 0.6) is 11.8 Å². The highest BCUT2D eigenvalue weighted by Gasteiger charge is 2.52. The Morgan fingerprint density at radius 1 is 0.875 bits per heavy atom. The zero-order valence-corrected chi connectivity index (χ0v) is 40.7. The Hall–Kier alpha value is -6.08.